The molecule has 2 N–H and O–H groups in total. The van der Waals surface area contributed by atoms with E-state index in [1.54, 1.807) is 0 Å². The monoisotopic (exact) mass is 289 g/mol. The summed E-state index contributed by atoms with van der Waals surface area (Å²) in [5.74, 6) is -2.95. The molecule has 0 aliphatic rings. The minimum absolute atomic E-state index is 0.00186. The third kappa shape index (κ3) is 4.86. The van der Waals surface area contributed by atoms with Crippen LogP contribution in [0.25, 0.3) is 0 Å². The summed E-state index contributed by atoms with van der Waals surface area (Å²) in [4.78, 5) is 21.6. The summed E-state index contributed by atoms with van der Waals surface area (Å²) in [7, 11) is 0. The largest absolute Gasteiger partial charge is 0.480 e. The number of halogens is 2. The zero-order chi connectivity index (χ0) is 14.4. The van der Waals surface area contributed by atoms with Crippen molar-refractivity contribution in [2.24, 2.45) is 0 Å². The van der Waals surface area contributed by atoms with Crippen LogP contribution in [0.15, 0.2) is 18.2 Å². The van der Waals surface area contributed by atoms with E-state index in [1.165, 1.54) is 13.0 Å². The van der Waals surface area contributed by atoms with Gasteiger partial charge in [-0.2, -0.15) is 11.8 Å². The third-order valence-corrected chi connectivity index (χ3v) is 3.33. The first-order valence-electron chi connectivity index (χ1n) is 5.42. The normalized spacial score (nSPS) is 11.9. The number of carbonyl (C=O) groups is 2. The minimum Gasteiger partial charge on any atom is -0.480 e. The van der Waals surface area contributed by atoms with E-state index in [0.29, 0.717) is 0 Å². The van der Waals surface area contributed by atoms with E-state index in [0.717, 1.165) is 23.9 Å². The van der Waals surface area contributed by atoms with Crippen molar-refractivity contribution in [3.8, 4) is 0 Å². The summed E-state index contributed by atoms with van der Waals surface area (Å²) in [6, 6.07) is 2.47. The summed E-state index contributed by atoms with van der Waals surface area (Å²) >= 11 is 1.04. The predicted molar refractivity (Wildman–Crippen MR) is 67.8 cm³/mol. The van der Waals surface area contributed by atoms with E-state index in [1.807, 2.05) is 0 Å². The zero-order valence-electron chi connectivity index (χ0n) is 10.2. The van der Waals surface area contributed by atoms with Crippen LogP contribution in [0.2, 0.25) is 0 Å². The molecule has 0 bridgehead atoms. The summed E-state index contributed by atoms with van der Waals surface area (Å²) in [5.41, 5.74) is -0.0977. The Morgan fingerprint density at radius 2 is 1.95 bits per heavy atom. The first kappa shape index (κ1) is 15.4. The van der Waals surface area contributed by atoms with Crippen molar-refractivity contribution in [1.82, 2.24) is 5.32 Å². The van der Waals surface area contributed by atoms with Crippen LogP contribution in [0.3, 0.4) is 0 Å². The molecule has 0 aliphatic carbocycles. The molecule has 1 atom stereocenters. The fourth-order valence-corrected chi connectivity index (χ4v) is 2.43. The van der Waals surface area contributed by atoms with Crippen molar-refractivity contribution >= 4 is 23.6 Å². The Labute approximate surface area is 113 Å². The van der Waals surface area contributed by atoms with Gasteiger partial charge in [0.05, 0.1) is 0 Å². The lowest BCUT2D eigenvalue weighted by molar-refractivity contribution is -0.140. The molecule has 1 aromatic rings. The molecule has 19 heavy (non-hydrogen) atoms. The second kappa shape index (κ2) is 7.08. The Morgan fingerprint density at radius 1 is 1.37 bits per heavy atom. The smallest absolute Gasteiger partial charge is 0.327 e. The Morgan fingerprint density at radius 3 is 2.42 bits per heavy atom. The molecule has 7 heteroatoms. The van der Waals surface area contributed by atoms with E-state index >= 15 is 0 Å². The lowest BCUT2D eigenvalue weighted by Crippen LogP contribution is -2.41. The van der Waals surface area contributed by atoms with Crippen molar-refractivity contribution < 1.29 is 23.5 Å². The summed E-state index contributed by atoms with van der Waals surface area (Å²) in [6.07, 6.45) is 0. The van der Waals surface area contributed by atoms with Crippen LogP contribution in [0, 0.1) is 11.6 Å². The molecular formula is C12H13F2NO3S. The van der Waals surface area contributed by atoms with Crippen molar-refractivity contribution in [3.05, 3.63) is 35.4 Å². The molecule has 1 rings (SSSR count). The highest BCUT2D eigenvalue weighted by molar-refractivity contribution is 7.98. The van der Waals surface area contributed by atoms with Gasteiger partial charge in [0.1, 0.15) is 17.7 Å². The van der Waals surface area contributed by atoms with E-state index in [4.69, 9.17) is 5.11 Å². The molecule has 0 radical (unpaired) electrons. The fraction of sp³-hybridized carbons (Fsp3) is 0.333. The molecular weight excluding hydrogens is 276 g/mol. The Bertz CT molecular complexity index is 462. The van der Waals surface area contributed by atoms with Gasteiger partial charge in [-0.25, -0.2) is 13.6 Å². The zero-order valence-corrected chi connectivity index (χ0v) is 11.0. The molecule has 104 valence electrons. The van der Waals surface area contributed by atoms with Crippen molar-refractivity contribution in [1.29, 1.82) is 0 Å². The SMILES string of the molecule is CC(=O)NC(CSCc1c(F)cccc1F)C(=O)O. The van der Waals surface area contributed by atoms with E-state index in [-0.39, 0.29) is 17.1 Å². The molecule has 0 fully saturated rings. The molecule has 4 nitrogen and oxygen atoms in total. The maximum Gasteiger partial charge on any atom is 0.327 e. The molecule has 0 saturated heterocycles. The number of hydrogen-bond acceptors (Lipinski definition) is 3. The summed E-state index contributed by atoms with van der Waals surface area (Å²) in [5, 5.41) is 11.1. The van der Waals surface area contributed by atoms with Gasteiger partial charge in [-0.15, -0.1) is 0 Å². The number of nitrogens with one attached hydrogen (secondary N) is 1. The van der Waals surface area contributed by atoms with Crippen LogP contribution < -0.4 is 5.32 Å². The highest BCUT2D eigenvalue weighted by Gasteiger charge is 2.18. The molecule has 0 aliphatic heterocycles. The molecule has 1 aromatic carbocycles. The second-order valence-corrected chi connectivity index (χ2v) is 4.84. The highest BCUT2D eigenvalue weighted by Crippen LogP contribution is 2.19. The van der Waals surface area contributed by atoms with Crippen LogP contribution in [0.4, 0.5) is 8.78 Å². The molecule has 0 heterocycles. The van der Waals surface area contributed by atoms with Crippen molar-refractivity contribution in [2.75, 3.05) is 5.75 Å². The average Bonchev–Trinajstić information content (AvgIpc) is 2.30. The van der Waals surface area contributed by atoms with E-state index in [9.17, 15) is 18.4 Å². The minimum atomic E-state index is -1.18. The Balaban J connectivity index is 2.57. The van der Waals surface area contributed by atoms with Crippen LogP contribution >= 0.6 is 11.8 Å². The first-order chi connectivity index (χ1) is 8.91. The van der Waals surface area contributed by atoms with Crippen LogP contribution in [0.1, 0.15) is 12.5 Å². The summed E-state index contributed by atoms with van der Waals surface area (Å²) in [6.45, 7) is 1.21. The molecule has 0 saturated carbocycles. The number of carbonyl (C=O) groups excluding carboxylic acids is 1. The van der Waals surface area contributed by atoms with Gasteiger partial charge in [0.25, 0.3) is 0 Å². The van der Waals surface area contributed by atoms with Crippen molar-refractivity contribution in [2.45, 2.75) is 18.7 Å². The fourth-order valence-electron chi connectivity index (χ4n) is 1.37. The van der Waals surface area contributed by atoms with Gasteiger partial charge in [0.15, 0.2) is 0 Å². The number of benzene rings is 1. The van der Waals surface area contributed by atoms with Gasteiger partial charge in [0.2, 0.25) is 5.91 Å². The maximum absolute atomic E-state index is 13.3. The average molecular weight is 289 g/mol. The maximum atomic E-state index is 13.3. The Hall–Kier alpha value is -1.63. The number of carboxylic acids is 1. The number of aliphatic carboxylic acids is 1. The molecule has 1 unspecified atom stereocenters. The van der Waals surface area contributed by atoms with Crippen LogP contribution in [-0.2, 0) is 15.3 Å². The van der Waals surface area contributed by atoms with Crippen LogP contribution in [0.5, 0.6) is 0 Å². The first-order valence-corrected chi connectivity index (χ1v) is 6.58. The number of carboxylic acid groups (broad SMARTS) is 1. The number of rotatable bonds is 6. The van der Waals surface area contributed by atoms with Gasteiger partial charge in [-0.05, 0) is 12.1 Å². The molecule has 0 spiro atoms. The number of amides is 1. The van der Waals surface area contributed by atoms with E-state index < -0.39 is 29.6 Å². The van der Waals surface area contributed by atoms with Gasteiger partial charge in [-0.3, -0.25) is 4.79 Å². The highest BCUT2D eigenvalue weighted by atomic mass is 32.2. The van der Waals surface area contributed by atoms with Gasteiger partial charge in [-0.1, -0.05) is 6.07 Å². The number of hydrogen-bond donors (Lipinski definition) is 2. The van der Waals surface area contributed by atoms with Gasteiger partial charge < -0.3 is 10.4 Å². The second-order valence-electron chi connectivity index (χ2n) is 3.81. The Kier molecular flexibility index (Phi) is 5.75. The quantitative estimate of drug-likeness (QED) is 0.838. The lowest BCUT2D eigenvalue weighted by atomic mass is 10.2. The van der Waals surface area contributed by atoms with Crippen LogP contribution in [-0.4, -0.2) is 28.8 Å². The summed E-state index contributed by atoms with van der Waals surface area (Å²) < 4.78 is 26.6. The third-order valence-electron chi connectivity index (χ3n) is 2.27. The molecule has 0 aromatic heterocycles. The van der Waals surface area contributed by atoms with Crippen molar-refractivity contribution in [3.63, 3.8) is 0 Å². The molecule has 1 amide bonds. The lowest BCUT2D eigenvalue weighted by Gasteiger charge is -2.13. The van der Waals surface area contributed by atoms with Gasteiger partial charge >= 0.3 is 5.97 Å². The van der Waals surface area contributed by atoms with E-state index in [2.05, 4.69) is 5.32 Å². The topological polar surface area (TPSA) is 66.4 Å². The standard InChI is InChI=1S/C12H13F2NO3S/c1-7(16)15-11(12(17)18)6-19-5-8-9(13)3-2-4-10(8)14/h2-4,11H,5-6H2,1H3,(H,15,16)(H,17,18). The van der Waals surface area contributed by atoms with Gasteiger partial charge in [0, 0.05) is 24.0 Å². The number of thioether (sulfide) groups is 1. The predicted octanol–water partition coefficient (Wildman–Crippen LogP) is 1.79.